The van der Waals surface area contributed by atoms with E-state index in [4.69, 9.17) is 8.83 Å². The van der Waals surface area contributed by atoms with E-state index in [1.54, 1.807) is 12.5 Å². The molecule has 0 aliphatic heterocycles. The second-order valence-electron chi connectivity index (χ2n) is 2.77. The Morgan fingerprint density at radius 3 is 1.64 bits per heavy atom. The van der Waals surface area contributed by atoms with E-state index < -0.39 is 0 Å². The number of rotatable bonds is 0. The third-order valence-electron chi connectivity index (χ3n) is 2.03. The molecule has 0 radical (unpaired) electrons. The number of hydrogen-bond donors (Lipinski definition) is 0. The zero-order chi connectivity index (χ0) is 9.97. The molecule has 0 unspecified atom stereocenters. The monoisotopic (exact) mass is 188 g/mol. The van der Waals surface area contributed by atoms with Crippen LogP contribution < -0.4 is 0 Å². The molecule has 0 aliphatic rings. The molecule has 0 saturated carbocycles. The van der Waals surface area contributed by atoms with E-state index in [0.717, 1.165) is 21.9 Å². The van der Waals surface area contributed by atoms with Crippen LogP contribution >= 0.6 is 0 Å². The SMILES string of the molecule is CC.c1cc2cc3occc3cc2o1. The van der Waals surface area contributed by atoms with Crippen molar-refractivity contribution in [2.45, 2.75) is 13.8 Å². The van der Waals surface area contributed by atoms with Crippen LogP contribution in [0.1, 0.15) is 13.8 Å². The van der Waals surface area contributed by atoms with Crippen LogP contribution in [0.15, 0.2) is 45.6 Å². The maximum Gasteiger partial charge on any atom is 0.134 e. The Labute approximate surface area is 82.1 Å². The van der Waals surface area contributed by atoms with E-state index in [2.05, 4.69) is 0 Å². The Bertz CT molecular complexity index is 440. The van der Waals surface area contributed by atoms with Crippen molar-refractivity contribution in [3.05, 3.63) is 36.8 Å². The quantitative estimate of drug-likeness (QED) is 0.528. The summed E-state index contributed by atoms with van der Waals surface area (Å²) in [5.41, 5.74) is 1.81. The molecular weight excluding hydrogens is 176 g/mol. The van der Waals surface area contributed by atoms with Gasteiger partial charge in [0.25, 0.3) is 0 Å². The minimum absolute atomic E-state index is 0.906. The lowest BCUT2D eigenvalue weighted by molar-refractivity contribution is 0.612. The van der Waals surface area contributed by atoms with Gasteiger partial charge in [0.15, 0.2) is 0 Å². The van der Waals surface area contributed by atoms with Gasteiger partial charge in [-0.15, -0.1) is 0 Å². The van der Waals surface area contributed by atoms with Gasteiger partial charge in [0, 0.05) is 10.8 Å². The third kappa shape index (κ3) is 1.29. The second-order valence-corrected chi connectivity index (χ2v) is 2.77. The van der Waals surface area contributed by atoms with Gasteiger partial charge in [-0.1, -0.05) is 13.8 Å². The van der Waals surface area contributed by atoms with Crippen LogP contribution in [0.25, 0.3) is 21.9 Å². The lowest BCUT2D eigenvalue weighted by Crippen LogP contribution is -1.63. The van der Waals surface area contributed by atoms with Crippen LogP contribution in [0.4, 0.5) is 0 Å². The highest BCUT2D eigenvalue weighted by Crippen LogP contribution is 2.23. The fourth-order valence-corrected chi connectivity index (χ4v) is 1.42. The summed E-state index contributed by atoms with van der Waals surface area (Å²) in [6, 6.07) is 7.82. The molecule has 14 heavy (non-hydrogen) atoms. The van der Waals surface area contributed by atoms with Gasteiger partial charge in [-0.05, 0) is 24.3 Å². The zero-order valence-electron chi connectivity index (χ0n) is 8.28. The van der Waals surface area contributed by atoms with Crippen LogP contribution in [-0.2, 0) is 0 Å². The summed E-state index contributed by atoms with van der Waals surface area (Å²) in [6.45, 7) is 4.00. The van der Waals surface area contributed by atoms with E-state index in [9.17, 15) is 0 Å². The summed E-state index contributed by atoms with van der Waals surface area (Å²) in [4.78, 5) is 0. The van der Waals surface area contributed by atoms with Gasteiger partial charge in [-0.2, -0.15) is 0 Å². The van der Waals surface area contributed by atoms with Crippen molar-refractivity contribution in [2.75, 3.05) is 0 Å². The third-order valence-corrected chi connectivity index (χ3v) is 2.03. The second kappa shape index (κ2) is 3.58. The molecule has 0 fully saturated rings. The highest BCUT2D eigenvalue weighted by molar-refractivity contribution is 5.92. The average Bonchev–Trinajstić information content (AvgIpc) is 2.83. The van der Waals surface area contributed by atoms with Crippen molar-refractivity contribution in [3.8, 4) is 0 Å². The molecule has 0 saturated heterocycles. The summed E-state index contributed by atoms with van der Waals surface area (Å²) in [7, 11) is 0. The van der Waals surface area contributed by atoms with Crippen LogP contribution in [0.3, 0.4) is 0 Å². The van der Waals surface area contributed by atoms with Crippen molar-refractivity contribution in [1.82, 2.24) is 0 Å². The Morgan fingerprint density at radius 1 is 0.786 bits per heavy atom. The summed E-state index contributed by atoms with van der Waals surface area (Å²) in [6.07, 6.45) is 3.37. The molecule has 0 bridgehead atoms. The smallest absolute Gasteiger partial charge is 0.134 e. The maximum atomic E-state index is 5.25. The van der Waals surface area contributed by atoms with E-state index in [0.29, 0.717) is 0 Å². The molecule has 2 heteroatoms. The lowest BCUT2D eigenvalue weighted by atomic mass is 10.2. The first-order valence-electron chi connectivity index (χ1n) is 4.78. The van der Waals surface area contributed by atoms with Crippen molar-refractivity contribution >= 4 is 21.9 Å². The summed E-state index contributed by atoms with van der Waals surface area (Å²) < 4.78 is 10.5. The molecule has 0 N–H and O–H groups in total. The van der Waals surface area contributed by atoms with Gasteiger partial charge in [-0.3, -0.25) is 0 Å². The largest absolute Gasteiger partial charge is 0.464 e. The van der Waals surface area contributed by atoms with Gasteiger partial charge >= 0.3 is 0 Å². The number of hydrogen-bond acceptors (Lipinski definition) is 2. The van der Waals surface area contributed by atoms with Crippen molar-refractivity contribution in [3.63, 3.8) is 0 Å². The van der Waals surface area contributed by atoms with Gasteiger partial charge in [0.2, 0.25) is 0 Å². The van der Waals surface area contributed by atoms with Gasteiger partial charge in [0.1, 0.15) is 11.2 Å². The van der Waals surface area contributed by atoms with Crippen LogP contribution in [0.5, 0.6) is 0 Å². The Hall–Kier alpha value is -1.70. The predicted molar refractivity (Wildman–Crippen MR) is 57.3 cm³/mol. The Balaban J connectivity index is 0.000000354. The van der Waals surface area contributed by atoms with Gasteiger partial charge in [-0.25, -0.2) is 0 Å². The predicted octanol–water partition coefficient (Wildman–Crippen LogP) is 4.21. The fourth-order valence-electron chi connectivity index (χ4n) is 1.42. The minimum atomic E-state index is 0.906. The molecule has 2 nitrogen and oxygen atoms in total. The molecule has 0 spiro atoms. The standard InChI is InChI=1S/C10H6O2.C2H6/c1-3-11-9-6-8-2-4-12-10(8)5-7(1)9;1-2/h1-6H;1-2H3. The van der Waals surface area contributed by atoms with E-state index in [-0.39, 0.29) is 0 Å². The van der Waals surface area contributed by atoms with E-state index in [1.165, 1.54) is 0 Å². The van der Waals surface area contributed by atoms with Gasteiger partial charge in [0.05, 0.1) is 12.5 Å². The Morgan fingerprint density at radius 2 is 1.21 bits per heavy atom. The molecule has 3 rings (SSSR count). The fraction of sp³-hybridized carbons (Fsp3) is 0.167. The van der Waals surface area contributed by atoms with Crippen LogP contribution in [-0.4, -0.2) is 0 Å². The number of benzene rings is 1. The first kappa shape index (κ1) is 8.88. The zero-order valence-corrected chi connectivity index (χ0v) is 8.28. The molecule has 72 valence electrons. The van der Waals surface area contributed by atoms with Crippen molar-refractivity contribution in [1.29, 1.82) is 0 Å². The number of furan rings is 2. The maximum absolute atomic E-state index is 5.25. The molecule has 0 aliphatic carbocycles. The van der Waals surface area contributed by atoms with Crippen molar-refractivity contribution in [2.24, 2.45) is 0 Å². The molecule has 1 aromatic carbocycles. The molecule has 3 aromatic rings. The molecule has 2 heterocycles. The number of fused-ring (bicyclic) bond motifs is 2. The Kier molecular flexibility index (Phi) is 2.27. The summed E-state index contributed by atoms with van der Waals surface area (Å²) in [5, 5.41) is 2.16. The topological polar surface area (TPSA) is 26.3 Å². The molecule has 2 aromatic heterocycles. The first-order chi connectivity index (χ1) is 6.93. The van der Waals surface area contributed by atoms with E-state index in [1.807, 2.05) is 38.1 Å². The lowest BCUT2D eigenvalue weighted by Gasteiger charge is -1.87. The highest BCUT2D eigenvalue weighted by Gasteiger charge is 2.01. The molecule has 0 atom stereocenters. The highest BCUT2D eigenvalue weighted by atomic mass is 16.3. The van der Waals surface area contributed by atoms with Crippen molar-refractivity contribution < 1.29 is 8.83 Å². The normalized spacial score (nSPS) is 10.1. The van der Waals surface area contributed by atoms with E-state index >= 15 is 0 Å². The summed E-state index contributed by atoms with van der Waals surface area (Å²) >= 11 is 0. The van der Waals surface area contributed by atoms with Crippen LogP contribution in [0.2, 0.25) is 0 Å². The summed E-state index contributed by atoms with van der Waals surface area (Å²) in [5.74, 6) is 0. The minimum Gasteiger partial charge on any atom is -0.464 e. The molecular formula is C12H12O2. The van der Waals surface area contributed by atoms with Gasteiger partial charge < -0.3 is 8.83 Å². The van der Waals surface area contributed by atoms with Crippen LogP contribution in [0, 0.1) is 0 Å². The molecule has 0 amide bonds. The first-order valence-corrected chi connectivity index (χ1v) is 4.78. The average molecular weight is 188 g/mol.